The van der Waals surface area contributed by atoms with Crippen LogP contribution in [0.25, 0.3) is 0 Å². The van der Waals surface area contributed by atoms with Gasteiger partial charge in [0.05, 0.1) is 6.10 Å². The summed E-state index contributed by atoms with van der Waals surface area (Å²) in [7, 11) is 0. The summed E-state index contributed by atoms with van der Waals surface area (Å²) in [5.74, 6) is 4.37. The van der Waals surface area contributed by atoms with Crippen LogP contribution < -0.4 is 5.90 Å². The molecule has 1 aliphatic rings. The van der Waals surface area contributed by atoms with Crippen molar-refractivity contribution in [2.75, 3.05) is 13.1 Å². The molecule has 2 atom stereocenters. The van der Waals surface area contributed by atoms with Crippen LogP contribution in [-0.2, 0) is 9.63 Å². The van der Waals surface area contributed by atoms with Crippen molar-refractivity contribution in [2.45, 2.75) is 25.0 Å². The van der Waals surface area contributed by atoms with Gasteiger partial charge in [0, 0.05) is 6.54 Å². The molecule has 1 unspecified atom stereocenters. The topological polar surface area (TPSA) is 75.8 Å². The summed E-state index contributed by atoms with van der Waals surface area (Å²) in [4.78, 5) is 18.2. The number of nitrogens with two attached hydrogens (primary N) is 1. The molecule has 0 spiro atoms. The first-order chi connectivity index (χ1) is 8.72. The predicted octanol–water partition coefficient (Wildman–Crippen LogP) is 1.17. The maximum Gasteiger partial charge on any atom is 0.325 e. The van der Waals surface area contributed by atoms with Gasteiger partial charge in [0.15, 0.2) is 0 Å². The minimum absolute atomic E-state index is 0.0793. The Bertz CT molecular complexity index is 396. The SMILES string of the molecule is NO[C@@H]1CCCN(C(C(=O)O)c2ccccc2)C1. The summed E-state index contributed by atoms with van der Waals surface area (Å²) in [5, 5.41) is 9.42. The quantitative estimate of drug-likeness (QED) is 0.784. The van der Waals surface area contributed by atoms with Crippen molar-refractivity contribution in [1.29, 1.82) is 0 Å². The Labute approximate surface area is 106 Å². The van der Waals surface area contributed by atoms with Gasteiger partial charge in [-0.3, -0.25) is 14.5 Å². The van der Waals surface area contributed by atoms with E-state index in [1.165, 1.54) is 0 Å². The molecule has 0 bridgehead atoms. The fraction of sp³-hybridized carbons (Fsp3) is 0.462. The van der Waals surface area contributed by atoms with E-state index in [2.05, 4.69) is 0 Å². The number of benzene rings is 1. The Kier molecular flexibility index (Phi) is 4.30. The molecule has 3 N–H and O–H groups in total. The third-order valence-corrected chi connectivity index (χ3v) is 3.32. The van der Waals surface area contributed by atoms with Crippen molar-refractivity contribution < 1.29 is 14.7 Å². The van der Waals surface area contributed by atoms with Crippen LogP contribution in [0.5, 0.6) is 0 Å². The molecule has 1 heterocycles. The first-order valence-electron chi connectivity index (χ1n) is 6.09. The number of carboxylic acids is 1. The summed E-state index contributed by atoms with van der Waals surface area (Å²) < 4.78 is 0. The zero-order valence-corrected chi connectivity index (χ0v) is 10.2. The highest BCUT2D eigenvalue weighted by Crippen LogP contribution is 2.25. The smallest absolute Gasteiger partial charge is 0.325 e. The fourth-order valence-corrected chi connectivity index (χ4v) is 2.46. The number of nitrogens with zero attached hydrogens (tertiary/aromatic N) is 1. The van der Waals surface area contributed by atoms with Crippen molar-refractivity contribution in [2.24, 2.45) is 5.90 Å². The number of aliphatic carboxylic acids is 1. The maximum absolute atomic E-state index is 11.5. The lowest BCUT2D eigenvalue weighted by atomic mass is 10.0. The second-order valence-corrected chi connectivity index (χ2v) is 4.55. The zero-order chi connectivity index (χ0) is 13.0. The lowest BCUT2D eigenvalue weighted by molar-refractivity contribution is -0.145. The van der Waals surface area contributed by atoms with Gasteiger partial charge in [-0.1, -0.05) is 30.3 Å². The van der Waals surface area contributed by atoms with E-state index < -0.39 is 12.0 Å². The Hall–Kier alpha value is -1.43. The maximum atomic E-state index is 11.5. The van der Waals surface area contributed by atoms with Crippen molar-refractivity contribution >= 4 is 5.97 Å². The minimum Gasteiger partial charge on any atom is -0.480 e. The Morgan fingerprint density at radius 1 is 1.44 bits per heavy atom. The number of likely N-dealkylation sites (tertiary alicyclic amines) is 1. The zero-order valence-electron chi connectivity index (χ0n) is 10.2. The molecule has 18 heavy (non-hydrogen) atoms. The molecule has 1 aliphatic heterocycles. The van der Waals surface area contributed by atoms with Crippen LogP contribution in [-0.4, -0.2) is 35.2 Å². The van der Waals surface area contributed by atoms with Crippen LogP contribution in [0, 0.1) is 0 Å². The Morgan fingerprint density at radius 2 is 2.17 bits per heavy atom. The van der Waals surface area contributed by atoms with Crippen LogP contribution in [0.3, 0.4) is 0 Å². The van der Waals surface area contributed by atoms with E-state index >= 15 is 0 Å². The summed E-state index contributed by atoms with van der Waals surface area (Å²) >= 11 is 0. The highest BCUT2D eigenvalue weighted by Gasteiger charge is 2.31. The Morgan fingerprint density at radius 3 is 2.78 bits per heavy atom. The molecule has 0 aliphatic carbocycles. The van der Waals surface area contributed by atoms with E-state index in [0.29, 0.717) is 6.54 Å². The Balaban J connectivity index is 2.18. The third kappa shape index (κ3) is 2.87. The van der Waals surface area contributed by atoms with Gasteiger partial charge in [0.1, 0.15) is 6.04 Å². The molecule has 98 valence electrons. The number of hydrogen-bond acceptors (Lipinski definition) is 4. The molecule has 0 aromatic heterocycles. The van der Waals surface area contributed by atoms with Crippen LogP contribution in [0.4, 0.5) is 0 Å². The lowest BCUT2D eigenvalue weighted by Gasteiger charge is -2.35. The van der Waals surface area contributed by atoms with Crippen molar-refractivity contribution in [3.05, 3.63) is 35.9 Å². The fourth-order valence-electron chi connectivity index (χ4n) is 2.46. The highest BCUT2D eigenvalue weighted by molar-refractivity contribution is 5.75. The number of rotatable bonds is 4. The third-order valence-electron chi connectivity index (χ3n) is 3.32. The molecular weight excluding hydrogens is 232 g/mol. The summed E-state index contributed by atoms with van der Waals surface area (Å²) in [6.45, 7) is 1.31. The van der Waals surface area contributed by atoms with E-state index in [4.69, 9.17) is 10.7 Å². The highest BCUT2D eigenvalue weighted by atomic mass is 16.6. The second-order valence-electron chi connectivity index (χ2n) is 4.55. The second kappa shape index (κ2) is 5.95. The van der Waals surface area contributed by atoms with Gasteiger partial charge in [-0.2, -0.15) is 0 Å². The van der Waals surface area contributed by atoms with Crippen LogP contribution in [0.2, 0.25) is 0 Å². The largest absolute Gasteiger partial charge is 0.480 e. The van der Waals surface area contributed by atoms with Crippen LogP contribution in [0.15, 0.2) is 30.3 Å². The molecule has 0 amide bonds. The molecule has 1 fully saturated rings. The molecule has 1 saturated heterocycles. The molecule has 1 aromatic rings. The van der Waals surface area contributed by atoms with Gasteiger partial charge in [-0.05, 0) is 24.9 Å². The van der Waals surface area contributed by atoms with Crippen molar-refractivity contribution in [3.8, 4) is 0 Å². The van der Waals surface area contributed by atoms with Gasteiger partial charge in [-0.25, -0.2) is 5.90 Å². The molecule has 2 rings (SSSR count). The predicted molar refractivity (Wildman–Crippen MR) is 66.7 cm³/mol. The normalized spacial score (nSPS) is 22.6. The molecule has 0 saturated carbocycles. The monoisotopic (exact) mass is 250 g/mol. The molecule has 0 radical (unpaired) electrons. The number of hydrogen-bond donors (Lipinski definition) is 2. The van der Waals surface area contributed by atoms with Gasteiger partial charge in [0.2, 0.25) is 0 Å². The van der Waals surface area contributed by atoms with E-state index in [9.17, 15) is 9.90 Å². The van der Waals surface area contributed by atoms with E-state index in [0.717, 1.165) is 24.9 Å². The van der Waals surface area contributed by atoms with Crippen LogP contribution >= 0.6 is 0 Å². The van der Waals surface area contributed by atoms with E-state index in [1.807, 2.05) is 35.2 Å². The van der Waals surface area contributed by atoms with E-state index in [-0.39, 0.29) is 6.10 Å². The van der Waals surface area contributed by atoms with Gasteiger partial charge in [0.25, 0.3) is 0 Å². The number of piperidine rings is 1. The van der Waals surface area contributed by atoms with Gasteiger partial charge >= 0.3 is 5.97 Å². The van der Waals surface area contributed by atoms with Crippen molar-refractivity contribution in [1.82, 2.24) is 4.90 Å². The van der Waals surface area contributed by atoms with Gasteiger partial charge < -0.3 is 5.11 Å². The minimum atomic E-state index is -0.834. The molecular formula is C13H18N2O3. The number of carboxylic acid groups (broad SMARTS) is 1. The standard InChI is InChI=1S/C13H18N2O3/c14-18-11-7-4-8-15(9-11)12(13(16)17)10-5-2-1-3-6-10/h1-3,5-6,11-12H,4,7-9,14H2,(H,16,17)/t11-,12?/m1/s1. The lowest BCUT2D eigenvalue weighted by Crippen LogP contribution is -2.45. The average molecular weight is 250 g/mol. The average Bonchev–Trinajstić information content (AvgIpc) is 2.40. The van der Waals surface area contributed by atoms with Crippen LogP contribution in [0.1, 0.15) is 24.4 Å². The van der Waals surface area contributed by atoms with Gasteiger partial charge in [-0.15, -0.1) is 0 Å². The van der Waals surface area contributed by atoms with E-state index in [1.54, 1.807) is 0 Å². The summed E-state index contributed by atoms with van der Waals surface area (Å²) in [6, 6.07) is 8.64. The summed E-state index contributed by atoms with van der Waals surface area (Å²) in [6.07, 6.45) is 1.70. The summed E-state index contributed by atoms with van der Waals surface area (Å²) in [5.41, 5.74) is 0.794. The van der Waals surface area contributed by atoms with Crippen molar-refractivity contribution in [3.63, 3.8) is 0 Å². The first kappa shape index (κ1) is 13.0. The molecule has 5 heteroatoms. The number of carbonyl (C=O) groups is 1. The molecule has 1 aromatic carbocycles. The molecule has 5 nitrogen and oxygen atoms in total. The first-order valence-corrected chi connectivity index (χ1v) is 6.09.